The summed E-state index contributed by atoms with van der Waals surface area (Å²) in [6, 6.07) is 0.0883. The maximum absolute atomic E-state index is 12.3. The van der Waals surface area contributed by atoms with Crippen molar-refractivity contribution in [3.8, 4) is 0 Å². The summed E-state index contributed by atoms with van der Waals surface area (Å²) >= 11 is 0. The number of nitrogens with zero attached hydrogens (tertiary/aromatic N) is 1. The number of urea groups is 1. The van der Waals surface area contributed by atoms with Crippen molar-refractivity contribution in [3.05, 3.63) is 0 Å². The first-order chi connectivity index (χ1) is 10.1. The topological polar surface area (TPSA) is 78.9 Å². The molecule has 0 bridgehead atoms. The van der Waals surface area contributed by atoms with Crippen LogP contribution in [0, 0.1) is 5.92 Å². The smallest absolute Gasteiger partial charge is 0.317 e. The SMILES string of the molecule is CC(NC(=O)N1CCOC(CC(=O)O)C1)C1CCCCC1. The summed E-state index contributed by atoms with van der Waals surface area (Å²) in [5.41, 5.74) is 0. The number of carboxylic acids is 1. The van der Waals surface area contributed by atoms with Gasteiger partial charge in [-0.1, -0.05) is 19.3 Å². The van der Waals surface area contributed by atoms with Gasteiger partial charge in [-0.25, -0.2) is 4.79 Å². The second-order valence-corrected chi connectivity index (χ2v) is 6.17. The molecule has 2 unspecified atom stereocenters. The van der Waals surface area contributed by atoms with Crippen LogP contribution in [0.25, 0.3) is 0 Å². The maximum atomic E-state index is 12.3. The molecule has 2 N–H and O–H groups in total. The molecule has 2 aliphatic rings. The Kier molecular flexibility index (Phi) is 5.85. The van der Waals surface area contributed by atoms with Crippen LogP contribution < -0.4 is 5.32 Å². The minimum Gasteiger partial charge on any atom is -0.481 e. The molecule has 1 aliphatic carbocycles. The Morgan fingerprint density at radius 3 is 2.71 bits per heavy atom. The predicted molar refractivity (Wildman–Crippen MR) is 78.1 cm³/mol. The van der Waals surface area contributed by atoms with Gasteiger partial charge in [0.15, 0.2) is 0 Å². The van der Waals surface area contributed by atoms with E-state index < -0.39 is 12.1 Å². The average Bonchev–Trinajstić information content (AvgIpc) is 2.47. The molecule has 1 heterocycles. The lowest BCUT2D eigenvalue weighted by Crippen LogP contribution is -2.52. The van der Waals surface area contributed by atoms with Gasteiger partial charge in [0, 0.05) is 19.1 Å². The first kappa shape index (κ1) is 16.1. The van der Waals surface area contributed by atoms with E-state index in [-0.39, 0.29) is 18.5 Å². The van der Waals surface area contributed by atoms with E-state index in [0.717, 1.165) is 0 Å². The Bertz CT molecular complexity index is 369. The molecule has 1 aliphatic heterocycles. The van der Waals surface area contributed by atoms with Crippen LogP contribution in [0.3, 0.4) is 0 Å². The van der Waals surface area contributed by atoms with E-state index in [0.29, 0.717) is 25.6 Å². The second kappa shape index (κ2) is 7.64. The summed E-state index contributed by atoms with van der Waals surface area (Å²) in [4.78, 5) is 24.7. The highest BCUT2D eigenvalue weighted by Crippen LogP contribution is 2.26. The summed E-state index contributed by atoms with van der Waals surface area (Å²) in [6.07, 6.45) is 5.73. The van der Waals surface area contributed by atoms with E-state index in [4.69, 9.17) is 9.84 Å². The van der Waals surface area contributed by atoms with E-state index in [2.05, 4.69) is 12.2 Å². The highest BCUT2D eigenvalue weighted by molar-refractivity contribution is 5.75. The minimum atomic E-state index is -0.891. The lowest BCUT2D eigenvalue weighted by atomic mass is 9.84. The van der Waals surface area contributed by atoms with Gasteiger partial charge >= 0.3 is 12.0 Å². The third kappa shape index (κ3) is 4.88. The fraction of sp³-hybridized carbons (Fsp3) is 0.867. The Hall–Kier alpha value is -1.30. The van der Waals surface area contributed by atoms with E-state index in [1.54, 1.807) is 4.90 Å². The van der Waals surface area contributed by atoms with Gasteiger partial charge in [-0.2, -0.15) is 0 Å². The number of carbonyl (C=O) groups excluding carboxylic acids is 1. The molecule has 1 saturated carbocycles. The van der Waals surface area contributed by atoms with Gasteiger partial charge in [0.1, 0.15) is 0 Å². The van der Waals surface area contributed by atoms with Gasteiger partial charge in [-0.3, -0.25) is 4.79 Å². The number of ether oxygens (including phenoxy) is 1. The van der Waals surface area contributed by atoms with Gasteiger partial charge in [0.05, 0.1) is 19.1 Å². The van der Waals surface area contributed by atoms with Gasteiger partial charge < -0.3 is 20.1 Å². The molecule has 0 radical (unpaired) electrons. The zero-order valence-corrected chi connectivity index (χ0v) is 12.7. The zero-order valence-electron chi connectivity index (χ0n) is 12.7. The fourth-order valence-corrected chi connectivity index (χ4v) is 3.26. The van der Waals surface area contributed by atoms with Crippen molar-refractivity contribution in [2.24, 2.45) is 5.92 Å². The monoisotopic (exact) mass is 298 g/mol. The van der Waals surface area contributed by atoms with Gasteiger partial charge in [0.2, 0.25) is 0 Å². The van der Waals surface area contributed by atoms with Crippen LogP contribution in [0.5, 0.6) is 0 Å². The second-order valence-electron chi connectivity index (χ2n) is 6.17. The van der Waals surface area contributed by atoms with Crippen molar-refractivity contribution in [1.82, 2.24) is 10.2 Å². The Morgan fingerprint density at radius 2 is 2.05 bits per heavy atom. The Labute approximate surface area is 125 Å². The molecule has 6 nitrogen and oxygen atoms in total. The normalized spacial score (nSPS) is 25.4. The molecule has 2 fully saturated rings. The number of amides is 2. The van der Waals surface area contributed by atoms with Gasteiger partial charge in [0.25, 0.3) is 0 Å². The van der Waals surface area contributed by atoms with Crippen molar-refractivity contribution in [3.63, 3.8) is 0 Å². The number of carbonyl (C=O) groups is 2. The molecule has 2 amide bonds. The van der Waals surface area contributed by atoms with Gasteiger partial charge in [-0.15, -0.1) is 0 Å². The fourth-order valence-electron chi connectivity index (χ4n) is 3.26. The largest absolute Gasteiger partial charge is 0.481 e. The molecular weight excluding hydrogens is 272 g/mol. The maximum Gasteiger partial charge on any atom is 0.317 e. The molecule has 120 valence electrons. The van der Waals surface area contributed by atoms with E-state index in [9.17, 15) is 9.59 Å². The third-order valence-corrected chi connectivity index (χ3v) is 4.54. The highest BCUT2D eigenvalue weighted by Gasteiger charge is 2.28. The standard InChI is InChI=1S/C15H26N2O4/c1-11(12-5-3-2-4-6-12)16-15(20)17-7-8-21-13(10-17)9-14(18)19/h11-13H,2-10H2,1H3,(H,16,20)(H,18,19). The molecule has 2 atom stereocenters. The van der Waals surface area contributed by atoms with Crippen LogP contribution >= 0.6 is 0 Å². The van der Waals surface area contributed by atoms with Gasteiger partial charge in [-0.05, 0) is 25.7 Å². The molecule has 6 heteroatoms. The van der Waals surface area contributed by atoms with Crippen molar-refractivity contribution in [2.45, 2.75) is 57.6 Å². The van der Waals surface area contributed by atoms with Crippen LogP contribution in [-0.4, -0.2) is 53.8 Å². The lowest BCUT2D eigenvalue weighted by Gasteiger charge is -2.35. The molecule has 2 rings (SSSR count). The summed E-state index contributed by atoms with van der Waals surface area (Å²) in [5, 5.41) is 11.9. The highest BCUT2D eigenvalue weighted by atomic mass is 16.5. The van der Waals surface area contributed by atoms with Crippen LogP contribution in [0.2, 0.25) is 0 Å². The number of hydrogen-bond acceptors (Lipinski definition) is 3. The Morgan fingerprint density at radius 1 is 1.33 bits per heavy atom. The van der Waals surface area contributed by atoms with Crippen molar-refractivity contribution in [1.29, 1.82) is 0 Å². The summed E-state index contributed by atoms with van der Waals surface area (Å²) in [6.45, 7) is 3.36. The van der Waals surface area contributed by atoms with Crippen molar-refractivity contribution >= 4 is 12.0 Å². The number of nitrogens with one attached hydrogen (secondary N) is 1. The van der Waals surface area contributed by atoms with Crippen LogP contribution in [0.4, 0.5) is 4.79 Å². The minimum absolute atomic E-state index is 0.0536. The lowest BCUT2D eigenvalue weighted by molar-refractivity contribution is -0.141. The number of carboxylic acid groups (broad SMARTS) is 1. The van der Waals surface area contributed by atoms with Crippen molar-refractivity contribution in [2.75, 3.05) is 19.7 Å². The summed E-state index contributed by atoms with van der Waals surface area (Å²) in [7, 11) is 0. The van der Waals surface area contributed by atoms with E-state index in [1.165, 1.54) is 32.1 Å². The quantitative estimate of drug-likeness (QED) is 0.830. The molecule has 0 aromatic rings. The van der Waals surface area contributed by atoms with Crippen LogP contribution in [-0.2, 0) is 9.53 Å². The molecule has 1 saturated heterocycles. The van der Waals surface area contributed by atoms with E-state index in [1.807, 2.05) is 0 Å². The predicted octanol–water partition coefficient (Wildman–Crippen LogP) is 1.84. The summed E-state index contributed by atoms with van der Waals surface area (Å²) < 4.78 is 5.39. The molecule has 0 spiro atoms. The number of rotatable bonds is 4. The number of hydrogen-bond donors (Lipinski definition) is 2. The van der Waals surface area contributed by atoms with Crippen LogP contribution in [0.15, 0.2) is 0 Å². The summed E-state index contributed by atoms with van der Waals surface area (Å²) in [5.74, 6) is -0.323. The molecule has 0 aromatic carbocycles. The third-order valence-electron chi connectivity index (χ3n) is 4.54. The Balaban J connectivity index is 1.80. The molecular formula is C15H26N2O4. The molecule has 0 aromatic heterocycles. The van der Waals surface area contributed by atoms with Crippen molar-refractivity contribution < 1.29 is 19.4 Å². The first-order valence-electron chi connectivity index (χ1n) is 7.95. The number of aliphatic carboxylic acids is 1. The van der Waals surface area contributed by atoms with Crippen LogP contribution in [0.1, 0.15) is 45.4 Å². The average molecular weight is 298 g/mol. The first-order valence-corrected chi connectivity index (χ1v) is 7.95. The molecule has 21 heavy (non-hydrogen) atoms. The number of morpholine rings is 1. The van der Waals surface area contributed by atoms with E-state index >= 15 is 0 Å². The zero-order chi connectivity index (χ0) is 15.2.